The van der Waals surface area contributed by atoms with Crippen LogP contribution in [0.4, 0.5) is 0 Å². The summed E-state index contributed by atoms with van der Waals surface area (Å²) in [5, 5.41) is 7.83. The SMILES string of the molecule is C=C(Cl)C(=C)C(C(=O)OC)c1nncc([P+](=C)C)n1. The van der Waals surface area contributed by atoms with Gasteiger partial charge in [-0.05, 0) is 5.57 Å². The van der Waals surface area contributed by atoms with Crippen molar-refractivity contribution in [3.63, 3.8) is 0 Å². The van der Waals surface area contributed by atoms with E-state index < -0.39 is 19.4 Å². The molecule has 0 spiro atoms. The van der Waals surface area contributed by atoms with Crippen molar-refractivity contribution in [2.75, 3.05) is 13.8 Å². The number of allylic oxidation sites excluding steroid dienone is 1. The molecular formula is C12H14ClN3O2P+. The largest absolute Gasteiger partial charge is 0.468 e. The number of hydrogen-bond donors (Lipinski definition) is 0. The van der Waals surface area contributed by atoms with E-state index in [-0.39, 0.29) is 16.4 Å². The maximum Gasteiger partial charge on any atom is 0.321 e. The van der Waals surface area contributed by atoms with E-state index >= 15 is 0 Å². The van der Waals surface area contributed by atoms with Gasteiger partial charge in [0.05, 0.1) is 13.4 Å². The Morgan fingerprint density at radius 2 is 2.16 bits per heavy atom. The molecule has 1 rings (SSSR count). The summed E-state index contributed by atoms with van der Waals surface area (Å²) in [6.07, 6.45) is 5.43. The average molecular weight is 299 g/mol. The van der Waals surface area contributed by atoms with Gasteiger partial charge in [-0.2, -0.15) is 10.1 Å². The molecule has 0 aliphatic carbocycles. The minimum absolute atomic E-state index is 0.151. The normalized spacial score (nSPS) is 12.5. The second-order valence-electron chi connectivity index (χ2n) is 3.76. The molecule has 0 amide bonds. The lowest BCUT2D eigenvalue weighted by atomic mass is 10.00. The number of carbonyl (C=O) groups excluding carboxylic acids is 1. The minimum Gasteiger partial charge on any atom is -0.468 e. The molecule has 1 heterocycles. The van der Waals surface area contributed by atoms with Crippen molar-refractivity contribution >= 4 is 36.8 Å². The van der Waals surface area contributed by atoms with Crippen molar-refractivity contribution < 1.29 is 9.53 Å². The first kappa shape index (κ1) is 15.5. The van der Waals surface area contributed by atoms with Crippen LogP contribution in [0.1, 0.15) is 11.7 Å². The molecule has 0 aliphatic heterocycles. The van der Waals surface area contributed by atoms with Gasteiger partial charge in [0.1, 0.15) is 26.3 Å². The van der Waals surface area contributed by atoms with Crippen molar-refractivity contribution in [1.29, 1.82) is 0 Å². The fourth-order valence-electron chi connectivity index (χ4n) is 1.29. The first-order valence-corrected chi connectivity index (χ1v) is 7.59. The Balaban J connectivity index is 3.29. The Labute approximate surface area is 117 Å². The van der Waals surface area contributed by atoms with Crippen LogP contribution < -0.4 is 5.44 Å². The number of halogens is 1. The van der Waals surface area contributed by atoms with E-state index in [9.17, 15) is 4.79 Å². The Morgan fingerprint density at radius 1 is 1.53 bits per heavy atom. The number of ether oxygens (including phenoxy) is 1. The van der Waals surface area contributed by atoms with E-state index in [1.165, 1.54) is 13.3 Å². The first-order chi connectivity index (χ1) is 8.88. The number of esters is 1. The molecule has 0 saturated carbocycles. The maximum atomic E-state index is 11.8. The molecule has 1 aromatic heterocycles. The molecule has 0 saturated heterocycles. The third kappa shape index (κ3) is 3.69. The third-order valence-corrected chi connectivity index (χ3v) is 3.59. The van der Waals surface area contributed by atoms with Crippen molar-refractivity contribution in [2.45, 2.75) is 5.92 Å². The number of aromatic nitrogens is 3. The van der Waals surface area contributed by atoms with Crippen molar-refractivity contribution in [3.8, 4) is 0 Å². The highest BCUT2D eigenvalue weighted by atomic mass is 35.5. The number of nitrogens with zero attached hydrogens (tertiary/aromatic N) is 3. The summed E-state index contributed by atoms with van der Waals surface area (Å²) in [5.74, 6) is -1.28. The number of hydrogen-bond acceptors (Lipinski definition) is 5. The fourth-order valence-corrected chi connectivity index (χ4v) is 1.92. The van der Waals surface area contributed by atoms with Crippen LogP contribution >= 0.6 is 19.1 Å². The van der Waals surface area contributed by atoms with Crippen LogP contribution in [-0.4, -0.2) is 41.2 Å². The van der Waals surface area contributed by atoms with Gasteiger partial charge in [-0.3, -0.25) is 4.79 Å². The number of rotatable bonds is 5. The zero-order valence-corrected chi connectivity index (χ0v) is 12.4. The van der Waals surface area contributed by atoms with Crippen molar-refractivity contribution in [1.82, 2.24) is 15.2 Å². The van der Waals surface area contributed by atoms with Crippen LogP contribution in [0.2, 0.25) is 0 Å². The lowest BCUT2D eigenvalue weighted by molar-refractivity contribution is -0.141. The van der Waals surface area contributed by atoms with E-state index in [4.69, 9.17) is 16.3 Å². The molecule has 0 radical (unpaired) electrons. The molecule has 1 aromatic rings. The average Bonchev–Trinajstić information content (AvgIpc) is 2.38. The van der Waals surface area contributed by atoms with Crippen LogP contribution in [0.5, 0.6) is 0 Å². The Morgan fingerprint density at radius 3 is 2.63 bits per heavy atom. The van der Waals surface area contributed by atoms with E-state index in [0.717, 1.165) is 0 Å². The molecule has 2 unspecified atom stereocenters. The van der Waals surface area contributed by atoms with E-state index in [1.807, 2.05) is 6.66 Å². The van der Waals surface area contributed by atoms with Gasteiger partial charge in [0.15, 0.2) is 5.82 Å². The molecule has 19 heavy (non-hydrogen) atoms. The van der Waals surface area contributed by atoms with Crippen molar-refractivity contribution in [3.05, 3.63) is 35.8 Å². The van der Waals surface area contributed by atoms with Crippen molar-refractivity contribution in [2.24, 2.45) is 0 Å². The van der Waals surface area contributed by atoms with Crippen LogP contribution in [0.3, 0.4) is 0 Å². The summed E-state index contributed by atoms with van der Waals surface area (Å²) in [6.45, 7) is 9.20. The van der Waals surface area contributed by atoms with Crippen LogP contribution in [-0.2, 0) is 9.53 Å². The highest BCUT2D eigenvalue weighted by molar-refractivity contribution is 7.62. The zero-order valence-electron chi connectivity index (χ0n) is 10.8. The second kappa shape index (κ2) is 6.55. The summed E-state index contributed by atoms with van der Waals surface area (Å²) in [7, 11) is 0.573. The minimum atomic E-state index is -0.905. The van der Waals surface area contributed by atoms with Gasteiger partial charge in [0.25, 0.3) is 5.44 Å². The standard InChI is InChI=1S/C12H14ClN3O2P/c1-7(8(2)13)10(12(17)18-3)11-15-9(19(4)5)6-14-16-11/h6,10H,1-2,4H2,3,5H3/q+1. The smallest absolute Gasteiger partial charge is 0.321 e. The summed E-state index contributed by atoms with van der Waals surface area (Å²) < 4.78 is 4.72. The molecule has 100 valence electrons. The second-order valence-corrected chi connectivity index (χ2v) is 6.07. The molecule has 2 atom stereocenters. The van der Waals surface area contributed by atoms with Gasteiger partial charge >= 0.3 is 5.97 Å². The molecular weight excluding hydrogens is 285 g/mol. The molecule has 5 nitrogen and oxygen atoms in total. The fraction of sp³-hybridized carbons (Fsp3) is 0.250. The summed E-state index contributed by atoms with van der Waals surface area (Å²) in [4.78, 5) is 16.1. The summed E-state index contributed by atoms with van der Waals surface area (Å²) in [5.41, 5.74) is 0.971. The predicted octanol–water partition coefficient (Wildman–Crippen LogP) is 1.61. The molecule has 0 aliphatic rings. The molecule has 7 heteroatoms. The highest BCUT2D eigenvalue weighted by Crippen LogP contribution is 2.28. The lowest BCUT2D eigenvalue weighted by Crippen LogP contribution is -2.22. The van der Waals surface area contributed by atoms with Crippen LogP contribution in [0.15, 0.2) is 30.0 Å². The Hall–Kier alpha value is -1.58. The molecule has 0 N–H and O–H groups in total. The third-order valence-electron chi connectivity index (χ3n) is 2.35. The highest BCUT2D eigenvalue weighted by Gasteiger charge is 2.30. The van der Waals surface area contributed by atoms with Gasteiger partial charge in [0.2, 0.25) is 0 Å². The monoisotopic (exact) mass is 298 g/mol. The summed E-state index contributed by atoms with van der Waals surface area (Å²) in [6, 6.07) is 0. The van der Waals surface area contributed by atoms with E-state index in [2.05, 4.69) is 34.6 Å². The molecule has 0 bridgehead atoms. The zero-order chi connectivity index (χ0) is 14.6. The topological polar surface area (TPSA) is 65.0 Å². The quantitative estimate of drug-likeness (QED) is 0.469. The first-order valence-electron chi connectivity index (χ1n) is 5.23. The maximum absolute atomic E-state index is 11.8. The Bertz CT molecular complexity index is 560. The Kier molecular flexibility index (Phi) is 5.33. The van der Waals surface area contributed by atoms with Gasteiger partial charge in [-0.25, -0.2) is 0 Å². The predicted molar refractivity (Wildman–Crippen MR) is 78.3 cm³/mol. The lowest BCUT2D eigenvalue weighted by Gasteiger charge is -2.14. The van der Waals surface area contributed by atoms with Gasteiger partial charge < -0.3 is 4.74 Å². The molecule has 0 fully saturated rings. The number of methoxy groups -OCH3 is 1. The van der Waals surface area contributed by atoms with Gasteiger partial charge in [-0.1, -0.05) is 24.8 Å². The van der Waals surface area contributed by atoms with Gasteiger partial charge in [-0.15, -0.1) is 5.10 Å². The summed E-state index contributed by atoms with van der Waals surface area (Å²) >= 11 is 5.79. The molecule has 0 aromatic carbocycles. The van der Waals surface area contributed by atoms with Crippen LogP contribution in [0.25, 0.3) is 0 Å². The van der Waals surface area contributed by atoms with E-state index in [1.54, 1.807) is 0 Å². The van der Waals surface area contributed by atoms with Gasteiger partial charge in [0, 0.05) is 5.03 Å². The van der Waals surface area contributed by atoms with Crippen LogP contribution in [0, 0.1) is 0 Å². The van der Waals surface area contributed by atoms with E-state index in [0.29, 0.717) is 5.44 Å². The number of carbonyl (C=O) groups is 1.